The lowest BCUT2D eigenvalue weighted by atomic mass is 10.0. The third-order valence-electron chi connectivity index (χ3n) is 3.98. The van der Waals surface area contributed by atoms with Crippen molar-refractivity contribution in [2.75, 3.05) is 21.3 Å². The number of esters is 1. The van der Waals surface area contributed by atoms with Gasteiger partial charge < -0.3 is 14.2 Å². The second-order valence-electron chi connectivity index (χ2n) is 6.02. The van der Waals surface area contributed by atoms with Gasteiger partial charge in [-0.25, -0.2) is 14.8 Å². The van der Waals surface area contributed by atoms with E-state index in [1.54, 1.807) is 18.4 Å². The number of carbonyl (C=O) groups is 1. The number of thiazole rings is 2. The van der Waals surface area contributed by atoms with Gasteiger partial charge in [0.1, 0.15) is 21.5 Å². The maximum atomic E-state index is 11.5. The Labute approximate surface area is 173 Å². The molecule has 0 aliphatic rings. The Morgan fingerprint density at radius 1 is 1.18 bits per heavy atom. The van der Waals surface area contributed by atoms with Gasteiger partial charge in [-0.2, -0.15) is 0 Å². The Morgan fingerprint density at radius 2 is 1.93 bits per heavy atom. The van der Waals surface area contributed by atoms with Crippen LogP contribution in [0.5, 0.6) is 0 Å². The van der Waals surface area contributed by atoms with Crippen molar-refractivity contribution in [3.63, 3.8) is 0 Å². The number of nitrogens with zero attached hydrogens (tertiary/aromatic N) is 2. The summed E-state index contributed by atoms with van der Waals surface area (Å²) in [7, 11) is 4.45. The lowest BCUT2D eigenvalue weighted by Gasteiger charge is -2.21. The molecule has 0 unspecified atom stereocenters. The summed E-state index contributed by atoms with van der Waals surface area (Å²) >= 11 is 3.09. The third kappa shape index (κ3) is 5.60. The van der Waals surface area contributed by atoms with Gasteiger partial charge in [0.2, 0.25) is 0 Å². The molecule has 2 atom stereocenters. The summed E-state index contributed by atoms with van der Waals surface area (Å²) in [4.78, 5) is 20.7. The van der Waals surface area contributed by atoms with E-state index >= 15 is 0 Å². The second kappa shape index (κ2) is 10.3. The zero-order valence-electron chi connectivity index (χ0n) is 16.6. The summed E-state index contributed by atoms with van der Waals surface area (Å²) in [6, 6.07) is 0. The molecule has 2 aromatic rings. The van der Waals surface area contributed by atoms with Crippen LogP contribution in [0, 0.1) is 5.92 Å². The molecule has 0 saturated heterocycles. The molecule has 150 valence electrons. The molecule has 0 aliphatic heterocycles. The molecule has 0 saturated carbocycles. The first-order chi connectivity index (χ1) is 13.4. The molecule has 0 spiro atoms. The van der Waals surface area contributed by atoms with Crippen molar-refractivity contribution in [1.82, 2.24) is 9.97 Å². The first-order valence-electron chi connectivity index (χ1n) is 8.51. The largest absolute Gasteiger partial charge is 0.500 e. The molecule has 0 aliphatic carbocycles. The van der Waals surface area contributed by atoms with Crippen molar-refractivity contribution < 1.29 is 19.0 Å². The van der Waals surface area contributed by atoms with Crippen LogP contribution in [0.4, 0.5) is 0 Å². The van der Waals surface area contributed by atoms with E-state index in [2.05, 4.69) is 21.3 Å². The number of hydrogen-bond donors (Lipinski definition) is 0. The highest BCUT2D eigenvalue weighted by Gasteiger charge is 2.20. The van der Waals surface area contributed by atoms with E-state index in [4.69, 9.17) is 9.47 Å². The number of rotatable bonds is 9. The van der Waals surface area contributed by atoms with E-state index in [1.807, 2.05) is 36.8 Å². The number of methoxy groups -OCH3 is 3. The average molecular weight is 421 g/mol. The number of ether oxygens (including phenoxy) is 3. The van der Waals surface area contributed by atoms with Crippen molar-refractivity contribution in [2.45, 2.75) is 20.0 Å². The summed E-state index contributed by atoms with van der Waals surface area (Å²) in [5.41, 5.74) is 2.61. The second-order valence-corrected chi connectivity index (χ2v) is 7.73. The monoisotopic (exact) mass is 420 g/mol. The predicted octanol–water partition coefficient (Wildman–Crippen LogP) is 4.67. The van der Waals surface area contributed by atoms with Crippen LogP contribution < -0.4 is 0 Å². The highest BCUT2D eigenvalue weighted by Crippen LogP contribution is 2.28. The fourth-order valence-electron chi connectivity index (χ4n) is 2.40. The van der Waals surface area contributed by atoms with E-state index in [0.717, 1.165) is 27.0 Å². The summed E-state index contributed by atoms with van der Waals surface area (Å²) in [5.74, 6) is -0.165. The lowest BCUT2D eigenvalue weighted by Crippen LogP contribution is -2.21. The smallest absolute Gasteiger partial charge is 0.333 e. The van der Waals surface area contributed by atoms with Crippen molar-refractivity contribution in [2.24, 2.45) is 5.92 Å². The Balaban J connectivity index is 2.14. The first-order valence-corrected chi connectivity index (χ1v) is 10.3. The van der Waals surface area contributed by atoms with Crippen molar-refractivity contribution in [3.8, 4) is 10.7 Å². The zero-order chi connectivity index (χ0) is 20.7. The maximum Gasteiger partial charge on any atom is 0.333 e. The van der Waals surface area contributed by atoms with Gasteiger partial charge >= 0.3 is 5.97 Å². The Bertz CT molecular complexity index is 882. The number of aromatic nitrogens is 2. The van der Waals surface area contributed by atoms with Gasteiger partial charge in [-0.15, -0.1) is 22.7 Å². The van der Waals surface area contributed by atoms with Gasteiger partial charge in [0.25, 0.3) is 0 Å². The molecule has 2 rings (SSSR count). The maximum absolute atomic E-state index is 11.5. The third-order valence-corrected chi connectivity index (χ3v) is 5.86. The van der Waals surface area contributed by atoms with Crippen molar-refractivity contribution in [3.05, 3.63) is 46.0 Å². The molecule has 0 aromatic carbocycles. The number of hydrogen-bond acceptors (Lipinski definition) is 8. The molecular formula is C20H24N2O4S2. The molecule has 2 aromatic heterocycles. The molecule has 8 heteroatoms. The minimum Gasteiger partial charge on any atom is -0.500 e. The molecule has 2 heterocycles. The van der Waals surface area contributed by atoms with Crippen LogP contribution in [0.3, 0.4) is 0 Å². The Morgan fingerprint density at radius 3 is 2.50 bits per heavy atom. The van der Waals surface area contributed by atoms with E-state index in [0.29, 0.717) is 5.76 Å². The van der Waals surface area contributed by atoms with Crippen LogP contribution in [0.2, 0.25) is 0 Å². The van der Waals surface area contributed by atoms with Gasteiger partial charge in [0.15, 0.2) is 0 Å². The molecule has 0 amide bonds. The molecule has 0 fully saturated rings. The molecule has 0 N–H and O–H groups in total. The van der Waals surface area contributed by atoms with Crippen LogP contribution in [0.1, 0.15) is 24.5 Å². The van der Waals surface area contributed by atoms with Crippen LogP contribution in [0.25, 0.3) is 22.4 Å². The van der Waals surface area contributed by atoms with Crippen LogP contribution in [-0.2, 0) is 19.0 Å². The summed E-state index contributed by atoms with van der Waals surface area (Å²) in [6.07, 6.45) is 4.82. The minimum absolute atomic E-state index is 0.180. The Kier molecular flexibility index (Phi) is 8.10. The first kappa shape index (κ1) is 22.0. The van der Waals surface area contributed by atoms with Gasteiger partial charge in [-0.3, -0.25) is 0 Å². The van der Waals surface area contributed by atoms with Gasteiger partial charge in [-0.1, -0.05) is 19.6 Å². The SMILES string of the molecule is C=C(C)c1nc(-c2nc(/C=C/[C@H](OC)[C@@H](C)/C(=C\C(=O)OC)OC)cs2)cs1. The summed E-state index contributed by atoms with van der Waals surface area (Å²) in [6.45, 7) is 7.77. The van der Waals surface area contributed by atoms with Crippen molar-refractivity contribution in [1.29, 1.82) is 0 Å². The minimum atomic E-state index is -0.468. The topological polar surface area (TPSA) is 70.5 Å². The van der Waals surface area contributed by atoms with Gasteiger partial charge in [0, 0.05) is 23.8 Å². The predicted molar refractivity (Wildman–Crippen MR) is 114 cm³/mol. The summed E-state index contributed by atoms with van der Waals surface area (Å²) in [5, 5.41) is 5.72. The highest BCUT2D eigenvalue weighted by molar-refractivity contribution is 7.14. The fraction of sp³-hybridized carbons (Fsp3) is 0.350. The van der Waals surface area contributed by atoms with Gasteiger partial charge in [0.05, 0.1) is 32.1 Å². The number of allylic oxidation sites excluding steroid dienone is 1. The Hall–Kier alpha value is -2.29. The molecule has 28 heavy (non-hydrogen) atoms. The lowest BCUT2D eigenvalue weighted by molar-refractivity contribution is -0.135. The molecule has 0 bridgehead atoms. The van der Waals surface area contributed by atoms with E-state index in [-0.39, 0.29) is 12.0 Å². The number of carbonyl (C=O) groups excluding carboxylic acids is 1. The molecule has 6 nitrogen and oxygen atoms in total. The average Bonchev–Trinajstić information content (AvgIpc) is 3.35. The summed E-state index contributed by atoms with van der Waals surface area (Å²) < 4.78 is 15.5. The van der Waals surface area contributed by atoms with E-state index in [9.17, 15) is 4.79 Å². The molecular weight excluding hydrogens is 396 g/mol. The molecule has 0 radical (unpaired) electrons. The fourth-order valence-corrected chi connectivity index (χ4v) is 3.97. The van der Waals surface area contributed by atoms with Gasteiger partial charge in [-0.05, 0) is 18.6 Å². The highest BCUT2D eigenvalue weighted by atomic mass is 32.1. The van der Waals surface area contributed by atoms with Crippen LogP contribution >= 0.6 is 22.7 Å². The zero-order valence-corrected chi connectivity index (χ0v) is 18.2. The van der Waals surface area contributed by atoms with E-state index < -0.39 is 5.97 Å². The standard InChI is InChI=1S/C20H24N2O4S2/c1-12(2)19-22-15(11-28-19)20-21-14(10-27-20)7-8-16(24-4)13(3)17(25-5)9-18(23)26-6/h7-11,13,16H,1H2,2-6H3/b8-7+,17-9+/t13-,16+/m1/s1. The van der Waals surface area contributed by atoms with Crippen LogP contribution in [-0.4, -0.2) is 43.4 Å². The van der Waals surface area contributed by atoms with Crippen LogP contribution in [0.15, 0.2) is 35.3 Å². The van der Waals surface area contributed by atoms with E-state index in [1.165, 1.54) is 31.6 Å². The van der Waals surface area contributed by atoms with Crippen molar-refractivity contribution >= 4 is 40.3 Å². The normalized spacial score (nSPS) is 14.1. The quantitative estimate of drug-likeness (QED) is 0.334.